The Morgan fingerprint density at radius 2 is 2.50 bits per heavy atom. The summed E-state index contributed by atoms with van der Waals surface area (Å²) >= 11 is 1.36. The lowest BCUT2D eigenvalue weighted by atomic mass is 10.0. The van der Waals surface area contributed by atoms with E-state index < -0.39 is 0 Å². The fourth-order valence-corrected chi connectivity index (χ4v) is 2.22. The average molecular weight is 185 g/mol. The molecule has 2 nitrogen and oxygen atoms in total. The first-order valence-corrected chi connectivity index (χ1v) is 5.42. The van der Waals surface area contributed by atoms with Gasteiger partial charge in [0.25, 0.3) is 0 Å². The number of hydrogen-bond donors (Lipinski definition) is 0. The summed E-state index contributed by atoms with van der Waals surface area (Å²) in [7, 11) is 0. The third-order valence-corrected chi connectivity index (χ3v) is 3.28. The summed E-state index contributed by atoms with van der Waals surface area (Å²) in [5, 5.41) is 11.1. The van der Waals surface area contributed by atoms with Gasteiger partial charge in [0.05, 0.1) is 6.10 Å². The van der Waals surface area contributed by atoms with Crippen molar-refractivity contribution < 1.29 is 4.74 Å². The van der Waals surface area contributed by atoms with Crippen LogP contribution in [0.15, 0.2) is 0 Å². The molecule has 0 N–H and O–H groups in total. The minimum Gasteiger partial charge on any atom is -0.377 e. The van der Waals surface area contributed by atoms with Crippen LogP contribution in [-0.4, -0.2) is 18.0 Å². The summed E-state index contributed by atoms with van der Waals surface area (Å²) in [4.78, 5) is 0. The van der Waals surface area contributed by atoms with E-state index in [1.54, 1.807) is 0 Å². The van der Waals surface area contributed by atoms with E-state index >= 15 is 0 Å². The Morgan fingerprint density at radius 3 is 3.00 bits per heavy atom. The second-order valence-corrected chi connectivity index (χ2v) is 4.08. The number of rotatable bonds is 3. The molecule has 0 radical (unpaired) electrons. The number of thiocyanates is 1. The molecule has 1 saturated heterocycles. The van der Waals surface area contributed by atoms with Crippen molar-refractivity contribution in [3.63, 3.8) is 0 Å². The Hall–Kier alpha value is -0.200. The SMILES string of the molecule is CC[C@@H](SC#N)[C@@H]1CCCCO1. The number of nitrogens with zero attached hydrogens (tertiary/aromatic N) is 1. The summed E-state index contributed by atoms with van der Waals surface area (Å²) in [6.07, 6.45) is 4.93. The molecule has 1 aliphatic heterocycles. The summed E-state index contributed by atoms with van der Waals surface area (Å²) < 4.78 is 5.61. The third-order valence-electron chi connectivity index (χ3n) is 2.24. The zero-order chi connectivity index (χ0) is 8.81. The van der Waals surface area contributed by atoms with E-state index in [0.717, 1.165) is 19.4 Å². The van der Waals surface area contributed by atoms with Crippen LogP contribution in [0, 0.1) is 10.7 Å². The molecule has 1 aliphatic rings. The van der Waals surface area contributed by atoms with Gasteiger partial charge >= 0.3 is 0 Å². The van der Waals surface area contributed by atoms with Crippen molar-refractivity contribution >= 4 is 11.8 Å². The minimum atomic E-state index is 0.327. The Morgan fingerprint density at radius 1 is 1.67 bits per heavy atom. The van der Waals surface area contributed by atoms with E-state index in [1.165, 1.54) is 24.6 Å². The molecule has 12 heavy (non-hydrogen) atoms. The molecule has 68 valence electrons. The van der Waals surface area contributed by atoms with E-state index in [4.69, 9.17) is 10.00 Å². The fourth-order valence-electron chi connectivity index (χ4n) is 1.55. The van der Waals surface area contributed by atoms with Gasteiger partial charge in [-0.2, -0.15) is 5.26 Å². The van der Waals surface area contributed by atoms with E-state index in [0.29, 0.717) is 11.4 Å². The smallest absolute Gasteiger partial charge is 0.133 e. The van der Waals surface area contributed by atoms with Gasteiger partial charge in [0.2, 0.25) is 0 Å². The zero-order valence-corrected chi connectivity index (χ0v) is 8.27. The second kappa shape index (κ2) is 5.45. The van der Waals surface area contributed by atoms with Gasteiger partial charge in [-0.1, -0.05) is 6.92 Å². The van der Waals surface area contributed by atoms with Crippen LogP contribution >= 0.6 is 11.8 Å². The maximum atomic E-state index is 8.56. The van der Waals surface area contributed by atoms with Crippen LogP contribution in [0.5, 0.6) is 0 Å². The van der Waals surface area contributed by atoms with Gasteiger partial charge in [0, 0.05) is 11.9 Å². The molecule has 0 aromatic heterocycles. The summed E-state index contributed by atoms with van der Waals surface area (Å²) in [5.41, 5.74) is 0. The first-order valence-electron chi connectivity index (χ1n) is 4.54. The van der Waals surface area contributed by atoms with E-state index in [9.17, 15) is 0 Å². The molecule has 0 amide bonds. The zero-order valence-electron chi connectivity index (χ0n) is 7.45. The topological polar surface area (TPSA) is 33.0 Å². The van der Waals surface area contributed by atoms with Crippen molar-refractivity contribution in [2.24, 2.45) is 0 Å². The van der Waals surface area contributed by atoms with Crippen LogP contribution in [0.2, 0.25) is 0 Å². The number of thioether (sulfide) groups is 1. The predicted molar refractivity (Wildman–Crippen MR) is 50.9 cm³/mol. The highest BCUT2D eigenvalue weighted by atomic mass is 32.2. The van der Waals surface area contributed by atoms with Gasteiger partial charge in [0.1, 0.15) is 5.40 Å². The molecule has 0 saturated carbocycles. The summed E-state index contributed by atoms with van der Waals surface area (Å²) in [6, 6.07) is 0. The minimum absolute atomic E-state index is 0.327. The highest BCUT2D eigenvalue weighted by Gasteiger charge is 2.23. The molecule has 0 unspecified atom stereocenters. The molecule has 1 fully saturated rings. The monoisotopic (exact) mass is 185 g/mol. The molecule has 0 aromatic rings. The van der Waals surface area contributed by atoms with Crippen LogP contribution in [0.25, 0.3) is 0 Å². The van der Waals surface area contributed by atoms with Crippen LogP contribution in [0.1, 0.15) is 32.6 Å². The average Bonchev–Trinajstić information content (AvgIpc) is 2.15. The van der Waals surface area contributed by atoms with E-state index in [2.05, 4.69) is 12.3 Å². The number of hydrogen-bond acceptors (Lipinski definition) is 3. The number of nitriles is 1. The lowest BCUT2D eigenvalue weighted by Crippen LogP contribution is -2.29. The Labute approximate surface area is 78.3 Å². The largest absolute Gasteiger partial charge is 0.377 e. The highest BCUT2D eigenvalue weighted by molar-refractivity contribution is 8.04. The molecular formula is C9H15NOS. The molecule has 0 bridgehead atoms. The lowest BCUT2D eigenvalue weighted by Gasteiger charge is -2.27. The van der Waals surface area contributed by atoms with Gasteiger partial charge in [-0.3, -0.25) is 0 Å². The normalized spacial score (nSPS) is 26.2. The molecule has 3 heteroatoms. The number of ether oxygens (including phenoxy) is 1. The van der Waals surface area contributed by atoms with Crippen molar-refractivity contribution in [1.82, 2.24) is 0 Å². The molecule has 0 aromatic carbocycles. The Balaban J connectivity index is 2.36. The van der Waals surface area contributed by atoms with Crippen LogP contribution in [0.4, 0.5) is 0 Å². The quantitative estimate of drug-likeness (QED) is 0.633. The van der Waals surface area contributed by atoms with Crippen molar-refractivity contribution in [2.75, 3.05) is 6.61 Å². The predicted octanol–water partition coefficient (Wildman–Crippen LogP) is 2.55. The van der Waals surface area contributed by atoms with Crippen molar-refractivity contribution in [1.29, 1.82) is 5.26 Å². The standard InChI is InChI=1S/C9H15NOS/c1-2-9(12-7-10)8-5-3-4-6-11-8/h8-9H,2-6H2,1H3/t8-,9+/m0/s1. The van der Waals surface area contributed by atoms with Crippen LogP contribution in [-0.2, 0) is 4.74 Å². The summed E-state index contributed by atoms with van der Waals surface area (Å²) in [6.45, 7) is 3.00. The first-order chi connectivity index (χ1) is 5.88. The Bertz CT molecular complexity index is 160. The second-order valence-electron chi connectivity index (χ2n) is 3.06. The van der Waals surface area contributed by atoms with Crippen molar-refractivity contribution in [3.05, 3.63) is 0 Å². The van der Waals surface area contributed by atoms with Gasteiger partial charge in [-0.15, -0.1) is 0 Å². The third kappa shape index (κ3) is 2.69. The van der Waals surface area contributed by atoms with Crippen molar-refractivity contribution in [3.8, 4) is 5.40 Å². The van der Waals surface area contributed by atoms with Gasteiger partial charge in [-0.05, 0) is 37.4 Å². The summed E-state index contributed by atoms with van der Waals surface area (Å²) in [5.74, 6) is 0. The van der Waals surface area contributed by atoms with Gasteiger partial charge in [0.15, 0.2) is 0 Å². The molecule has 1 heterocycles. The van der Waals surface area contributed by atoms with Gasteiger partial charge < -0.3 is 4.74 Å². The lowest BCUT2D eigenvalue weighted by molar-refractivity contribution is 0.0149. The van der Waals surface area contributed by atoms with Crippen molar-refractivity contribution in [2.45, 2.75) is 44.0 Å². The molecule has 0 spiro atoms. The molecular weight excluding hydrogens is 170 g/mol. The maximum absolute atomic E-state index is 8.56. The Kier molecular flexibility index (Phi) is 4.49. The molecule has 2 atom stereocenters. The van der Waals surface area contributed by atoms with E-state index in [1.807, 2.05) is 0 Å². The maximum Gasteiger partial charge on any atom is 0.133 e. The molecule has 0 aliphatic carbocycles. The van der Waals surface area contributed by atoms with E-state index in [-0.39, 0.29) is 0 Å². The van der Waals surface area contributed by atoms with Gasteiger partial charge in [-0.25, -0.2) is 0 Å². The highest BCUT2D eigenvalue weighted by Crippen LogP contribution is 2.25. The van der Waals surface area contributed by atoms with Crippen LogP contribution < -0.4 is 0 Å². The van der Waals surface area contributed by atoms with Crippen LogP contribution in [0.3, 0.4) is 0 Å². The fraction of sp³-hybridized carbons (Fsp3) is 0.889. The molecule has 1 rings (SSSR count). The first kappa shape index (κ1) is 9.88.